The van der Waals surface area contributed by atoms with E-state index < -0.39 is 39.5 Å². The minimum Gasteiger partial charge on any atom is -0.368 e. The lowest BCUT2D eigenvalue weighted by Crippen LogP contribution is -2.38. The van der Waals surface area contributed by atoms with E-state index in [0.717, 1.165) is 30.3 Å². The normalized spacial score (nSPS) is 31.5. The monoisotopic (exact) mass is 402 g/mol. The highest BCUT2D eigenvalue weighted by molar-refractivity contribution is 8.16. The molecule has 26 heavy (non-hydrogen) atoms. The van der Waals surface area contributed by atoms with E-state index in [4.69, 9.17) is 4.74 Å². The van der Waals surface area contributed by atoms with Gasteiger partial charge >= 0.3 is 0 Å². The predicted octanol–water partition coefficient (Wildman–Crippen LogP) is 1.75. The lowest BCUT2D eigenvalue weighted by Gasteiger charge is -2.25. The Morgan fingerprint density at radius 1 is 1.31 bits per heavy atom. The van der Waals surface area contributed by atoms with Crippen LogP contribution in [-0.4, -0.2) is 55.0 Å². The van der Waals surface area contributed by atoms with Crippen LogP contribution in [0.3, 0.4) is 0 Å². The molecule has 3 heterocycles. The summed E-state index contributed by atoms with van der Waals surface area (Å²) in [4.78, 5) is 17.9. The molecule has 140 valence electrons. The van der Waals surface area contributed by atoms with Crippen molar-refractivity contribution in [3.8, 4) is 0 Å². The van der Waals surface area contributed by atoms with Crippen LogP contribution in [-0.2, 0) is 19.4 Å². The van der Waals surface area contributed by atoms with Crippen LogP contribution in [0.2, 0.25) is 0 Å². The van der Waals surface area contributed by atoms with E-state index in [0.29, 0.717) is 13.0 Å². The van der Waals surface area contributed by atoms with E-state index in [9.17, 15) is 22.0 Å². The number of thioether (sulfide) groups is 1. The van der Waals surface area contributed by atoms with Crippen LogP contribution in [0.1, 0.15) is 12.8 Å². The zero-order chi connectivity index (χ0) is 18.5. The Kier molecular flexibility index (Phi) is 4.52. The number of fused-ring (bicyclic) bond motifs is 1. The first kappa shape index (κ1) is 17.9. The zero-order valence-corrected chi connectivity index (χ0v) is 15.2. The van der Waals surface area contributed by atoms with Crippen molar-refractivity contribution in [1.29, 1.82) is 0 Å². The van der Waals surface area contributed by atoms with Crippen molar-refractivity contribution in [3.05, 3.63) is 29.8 Å². The third kappa shape index (κ3) is 3.25. The molecule has 0 unspecified atom stereocenters. The first-order chi connectivity index (χ1) is 12.3. The molecule has 3 fully saturated rings. The van der Waals surface area contributed by atoms with Gasteiger partial charge in [0.2, 0.25) is 0 Å². The molecule has 0 aromatic heterocycles. The number of sulfone groups is 1. The van der Waals surface area contributed by atoms with E-state index in [1.54, 1.807) is 0 Å². The number of amides is 1. The number of anilines is 1. The van der Waals surface area contributed by atoms with Crippen molar-refractivity contribution in [1.82, 2.24) is 0 Å². The minimum absolute atomic E-state index is 0.0161. The number of aliphatic imine (C=N–C) groups is 1. The molecule has 10 heteroatoms. The summed E-state index contributed by atoms with van der Waals surface area (Å²) in [5, 5.41) is -0.110. The number of nitrogens with zero attached hydrogens (tertiary/aromatic N) is 2. The van der Waals surface area contributed by atoms with Gasteiger partial charge in [0.25, 0.3) is 5.91 Å². The average molecular weight is 402 g/mol. The van der Waals surface area contributed by atoms with Gasteiger partial charge in [-0.1, -0.05) is 11.8 Å². The summed E-state index contributed by atoms with van der Waals surface area (Å²) in [5.41, 5.74) is 0.0161. The van der Waals surface area contributed by atoms with Crippen molar-refractivity contribution >= 4 is 38.4 Å². The van der Waals surface area contributed by atoms with Gasteiger partial charge in [0, 0.05) is 17.9 Å². The average Bonchev–Trinajstić information content (AvgIpc) is 3.23. The lowest BCUT2D eigenvalue weighted by atomic mass is 10.2. The zero-order valence-electron chi connectivity index (χ0n) is 13.6. The van der Waals surface area contributed by atoms with Crippen LogP contribution in [0.25, 0.3) is 0 Å². The molecule has 1 amide bonds. The van der Waals surface area contributed by atoms with E-state index in [2.05, 4.69) is 4.99 Å². The molecule has 3 aliphatic heterocycles. The summed E-state index contributed by atoms with van der Waals surface area (Å²) in [5.74, 6) is -2.24. The number of benzene rings is 1. The quantitative estimate of drug-likeness (QED) is 0.750. The molecular formula is C16H16F2N2O4S2. The standard InChI is InChI=1S/C16H16F2N2O4S2/c17-9-3-4-11(10(18)6-9)20-12-7-26(22,23)8-14(12)25-16(20)19-15(21)13-2-1-5-24-13/h3-4,6,12-14H,1-2,5,7-8H2/t12-,13-,14+/m0/s1. The summed E-state index contributed by atoms with van der Waals surface area (Å²) in [6.45, 7) is 0.494. The Balaban J connectivity index is 1.72. The topological polar surface area (TPSA) is 76.0 Å². The molecule has 1 aromatic rings. The van der Waals surface area contributed by atoms with Gasteiger partial charge in [-0.2, -0.15) is 4.99 Å². The number of ether oxygens (including phenoxy) is 1. The number of amidine groups is 1. The Labute approximate surface area is 153 Å². The van der Waals surface area contributed by atoms with Gasteiger partial charge in [-0.25, -0.2) is 17.2 Å². The van der Waals surface area contributed by atoms with E-state index in [1.165, 1.54) is 11.0 Å². The van der Waals surface area contributed by atoms with Crippen molar-refractivity contribution < 1.29 is 26.7 Å². The maximum Gasteiger partial charge on any atom is 0.277 e. The second-order valence-electron chi connectivity index (χ2n) is 6.50. The summed E-state index contributed by atoms with van der Waals surface area (Å²) in [6.07, 6.45) is 0.729. The summed E-state index contributed by atoms with van der Waals surface area (Å²) >= 11 is 1.15. The van der Waals surface area contributed by atoms with Crippen LogP contribution >= 0.6 is 11.8 Å². The summed E-state index contributed by atoms with van der Waals surface area (Å²) in [7, 11) is -3.26. The molecule has 0 saturated carbocycles. The van der Waals surface area contributed by atoms with Crippen molar-refractivity contribution in [2.45, 2.75) is 30.2 Å². The number of rotatable bonds is 2. The van der Waals surface area contributed by atoms with Crippen LogP contribution in [0.4, 0.5) is 14.5 Å². The third-order valence-electron chi connectivity index (χ3n) is 4.65. The predicted molar refractivity (Wildman–Crippen MR) is 94.1 cm³/mol. The van der Waals surface area contributed by atoms with Gasteiger partial charge in [-0.15, -0.1) is 0 Å². The molecule has 6 nitrogen and oxygen atoms in total. The van der Waals surface area contributed by atoms with Gasteiger partial charge in [0.05, 0.1) is 23.2 Å². The fourth-order valence-electron chi connectivity index (χ4n) is 3.46. The van der Waals surface area contributed by atoms with Gasteiger partial charge in [-0.3, -0.25) is 4.79 Å². The number of carbonyl (C=O) groups is 1. The smallest absolute Gasteiger partial charge is 0.277 e. The van der Waals surface area contributed by atoms with Gasteiger partial charge < -0.3 is 9.64 Å². The van der Waals surface area contributed by atoms with Crippen LogP contribution in [0.15, 0.2) is 23.2 Å². The molecule has 0 N–H and O–H groups in total. The molecule has 0 bridgehead atoms. The van der Waals surface area contributed by atoms with Gasteiger partial charge in [0.1, 0.15) is 17.7 Å². The lowest BCUT2D eigenvalue weighted by molar-refractivity contribution is -0.126. The summed E-state index contributed by atoms with van der Waals surface area (Å²) < 4.78 is 56.9. The maximum absolute atomic E-state index is 14.4. The van der Waals surface area contributed by atoms with Crippen molar-refractivity contribution in [2.75, 3.05) is 23.0 Å². The molecule has 0 radical (unpaired) electrons. The first-order valence-corrected chi connectivity index (χ1v) is 10.9. The van der Waals surface area contributed by atoms with E-state index in [-0.39, 0.29) is 27.6 Å². The second-order valence-corrected chi connectivity index (χ2v) is 9.86. The largest absolute Gasteiger partial charge is 0.368 e. The number of carbonyl (C=O) groups excluding carboxylic acids is 1. The van der Waals surface area contributed by atoms with Crippen LogP contribution in [0, 0.1) is 11.6 Å². The molecule has 4 rings (SSSR count). The number of hydrogen-bond donors (Lipinski definition) is 0. The Morgan fingerprint density at radius 3 is 2.81 bits per heavy atom. The highest BCUT2D eigenvalue weighted by atomic mass is 32.2. The van der Waals surface area contributed by atoms with E-state index >= 15 is 0 Å². The van der Waals surface area contributed by atoms with Crippen molar-refractivity contribution in [3.63, 3.8) is 0 Å². The fraction of sp³-hybridized carbons (Fsp3) is 0.500. The Morgan fingerprint density at radius 2 is 2.12 bits per heavy atom. The fourth-order valence-corrected chi connectivity index (χ4v) is 7.37. The van der Waals surface area contributed by atoms with Crippen LogP contribution in [0.5, 0.6) is 0 Å². The molecule has 1 aromatic carbocycles. The highest BCUT2D eigenvalue weighted by Crippen LogP contribution is 2.42. The summed E-state index contributed by atoms with van der Waals surface area (Å²) in [6, 6.07) is 2.53. The van der Waals surface area contributed by atoms with Gasteiger partial charge in [-0.05, 0) is 25.0 Å². The SMILES string of the molecule is O=C(N=C1S[C@@H]2CS(=O)(=O)C[C@@H]2N1c1ccc(F)cc1F)[C@@H]1CCCO1. The Hall–Kier alpha value is -1.52. The number of hydrogen-bond acceptors (Lipinski definition) is 5. The Bertz CT molecular complexity index is 884. The highest BCUT2D eigenvalue weighted by Gasteiger charge is 2.50. The molecule has 3 saturated heterocycles. The molecule has 0 aliphatic carbocycles. The molecule has 0 spiro atoms. The van der Waals surface area contributed by atoms with Crippen molar-refractivity contribution in [2.24, 2.45) is 4.99 Å². The maximum atomic E-state index is 14.4. The minimum atomic E-state index is -3.26. The molecular weight excluding hydrogens is 386 g/mol. The molecule has 3 aliphatic rings. The molecule has 3 atom stereocenters. The van der Waals surface area contributed by atoms with Crippen LogP contribution < -0.4 is 4.90 Å². The first-order valence-electron chi connectivity index (χ1n) is 8.19. The third-order valence-corrected chi connectivity index (χ3v) is 7.86. The van der Waals surface area contributed by atoms with E-state index in [1.807, 2.05) is 0 Å². The second kappa shape index (κ2) is 6.58. The number of halogens is 2. The van der Waals surface area contributed by atoms with Gasteiger partial charge in [0.15, 0.2) is 15.0 Å².